The summed E-state index contributed by atoms with van der Waals surface area (Å²) in [5.74, 6) is 0.625. The summed E-state index contributed by atoms with van der Waals surface area (Å²) in [5.41, 5.74) is 1.39. The van der Waals surface area contributed by atoms with E-state index in [1.807, 2.05) is 19.9 Å². The average Bonchev–Trinajstić information content (AvgIpc) is 2.56. The number of aromatic nitrogens is 3. The van der Waals surface area contributed by atoms with E-state index in [9.17, 15) is 4.79 Å². The molecule has 0 amide bonds. The molecule has 0 N–H and O–H groups in total. The Hall–Kier alpha value is -1.71. The molecule has 15 heavy (non-hydrogen) atoms. The van der Waals surface area contributed by atoms with E-state index < -0.39 is 0 Å². The van der Waals surface area contributed by atoms with E-state index in [0.717, 1.165) is 5.52 Å². The third-order valence-electron chi connectivity index (χ3n) is 1.90. The van der Waals surface area contributed by atoms with Gasteiger partial charge < -0.3 is 0 Å². The molecule has 0 spiro atoms. The molecule has 0 atom stereocenters. The van der Waals surface area contributed by atoms with E-state index in [4.69, 9.17) is 0 Å². The summed E-state index contributed by atoms with van der Waals surface area (Å²) in [6.45, 7) is 7.30. The topological polar surface area (TPSA) is 47.8 Å². The van der Waals surface area contributed by atoms with Crippen LogP contribution in [0.3, 0.4) is 0 Å². The number of hydrogen-bond acceptors (Lipinski definition) is 3. The Kier molecular flexibility index (Phi) is 3.55. The molecule has 2 aromatic rings. The van der Waals surface area contributed by atoms with Crippen LogP contribution in [0, 0.1) is 6.92 Å². The Balaban J connectivity index is 0.000000531. The summed E-state index contributed by atoms with van der Waals surface area (Å²) in [6, 6.07) is 3.65. The summed E-state index contributed by atoms with van der Waals surface area (Å²) in [7, 11) is 0. The van der Waals surface area contributed by atoms with Crippen molar-refractivity contribution in [3.8, 4) is 0 Å². The zero-order valence-corrected chi connectivity index (χ0v) is 9.48. The van der Waals surface area contributed by atoms with Crippen LogP contribution in [0.1, 0.15) is 31.4 Å². The molecule has 0 aliphatic carbocycles. The summed E-state index contributed by atoms with van der Waals surface area (Å²) in [5, 5.41) is 0. The maximum Gasteiger partial charge on any atom is 0.230 e. The van der Waals surface area contributed by atoms with Crippen molar-refractivity contribution in [3.05, 3.63) is 24.2 Å². The average molecular weight is 205 g/mol. The lowest BCUT2D eigenvalue weighted by Crippen LogP contribution is -2.07. The van der Waals surface area contributed by atoms with Gasteiger partial charge in [-0.1, -0.05) is 13.8 Å². The third kappa shape index (κ3) is 2.03. The normalized spacial score (nSPS) is 9.60. The van der Waals surface area contributed by atoms with Crippen LogP contribution in [-0.4, -0.2) is 20.4 Å². The molecule has 80 valence electrons. The van der Waals surface area contributed by atoms with Gasteiger partial charge >= 0.3 is 0 Å². The summed E-state index contributed by atoms with van der Waals surface area (Å²) in [6.07, 6.45) is 1.66. The third-order valence-corrected chi connectivity index (χ3v) is 1.90. The molecule has 0 aliphatic heterocycles. The van der Waals surface area contributed by atoms with Crippen molar-refractivity contribution in [1.82, 2.24) is 14.5 Å². The number of hydrogen-bond donors (Lipinski definition) is 0. The fourth-order valence-electron chi connectivity index (χ4n) is 1.40. The number of fused-ring (bicyclic) bond motifs is 1. The molecule has 0 saturated carbocycles. The van der Waals surface area contributed by atoms with Gasteiger partial charge in [0, 0.05) is 13.1 Å². The van der Waals surface area contributed by atoms with Crippen molar-refractivity contribution in [1.29, 1.82) is 0 Å². The Labute approximate surface area is 89.0 Å². The highest BCUT2D eigenvalue weighted by Gasteiger charge is 2.10. The molecule has 0 fully saturated rings. The molecule has 0 aromatic carbocycles. The number of pyridine rings is 1. The largest absolute Gasteiger partial charge is 0.274 e. The Morgan fingerprint density at radius 1 is 1.40 bits per heavy atom. The minimum absolute atomic E-state index is 0.0568. The number of nitrogens with zero attached hydrogens (tertiary/aromatic N) is 3. The van der Waals surface area contributed by atoms with Crippen molar-refractivity contribution >= 4 is 17.1 Å². The second-order valence-electron chi connectivity index (χ2n) is 2.86. The molecule has 0 saturated heterocycles. The van der Waals surface area contributed by atoms with Crippen LogP contribution in [0.15, 0.2) is 18.3 Å². The van der Waals surface area contributed by atoms with Gasteiger partial charge in [0.05, 0.1) is 0 Å². The monoisotopic (exact) mass is 205 g/mol. The van der Waals surface area contributed by atoms with Gasteiger partial charge in [-0.15, -0.1) is 0 Å². The molecular weight excluding hydrogens is 190 g/mol. The van der Waals surface area contributed by atoms with E-state index >= 15 is 0 Å². The SMILES string of the molecule is CC.CC(=O)n1c(C)nc2cccnc21. The summed E-state index contributed by atoms with van der Waals surface area (Å²) >= 11 is 0. The van der Waals surface area contributed by atoms with E-state index in [1.165, 1.54) is 11.5 Å². The molecule has 0 aliphatic rings. The minimum Gasteiger partial charge on any atom is -0.274 e. The number of imidazole rings is 1. The summed E-state index contributed by atoms with van der Waals surface area (Å²) in [4.78, 5) is 19.5. The van der Waals surface area contributed by atoms with Crippen LogP contribution in [0.25, 0.3) is 11.2 Å². The Bertz CT molecular complexity index is 474. The van der Waals surface area contributed by atoms with Gasteiger partial charge in [0.25, 0.3) is 0 Å². The number of rotatable bonds is 0. The molecular formula is C11H15N3O. The molecule has 0 unspecified atom stereocenters. The Morgan fingerprint density at radius 2 is 2.07 bits per heavy atom. The van der Waals surface area contributed by atoms with Crippen molar-refractivity contribution in [2.45, 2.75) is 27.7 Å². The number of aryl methyl sites for hydroxylation is 1. The van der Waals surface area contributed by atoms with Crippen molar-refractivity contribution in [2.24, 2.45) is 0 Å². The van der Waals surface area contributed by atoms with Crippen LogP contribution in [-0.2, 0) is 0 Å². The predicted octanol–water partition coefficient (Wildman–Crippen LogP) is 2.43. The van der Waals surface area contributed by atoms with E-state index in [0.29, 0.717) is 11.5 Å². The van der Waals surface area contributed by atoms with Crippen molar-refractivity contribution < 1.29 is 4.79 Å². The van der Waals surface area contributed by atoms with Crippen LogP contribution in [0.4, 0.5) is 0 Å². The highest BCUT2D eigenvalue weighted by molar-refractivity contribution is 5.87. The number of carbonyl (C=O) groups is 1. The van der Waals surface area contributed by atoms with Gasteiger partial charge in [-0.3, -0.25) is 9.36 Å². The highest BCUT2D eigenvalue weighted by Crippen LogP contribution is 2.11. The minimum atomic E-state index is -0.0568. The maximum absolute atomic E-state index is 11.2. The molecule has 2 aromatic heterocycles. The fraction of sp³-hybridized carbons (Fsp3) is 0.364. The molecule has 0 radical (unpaired) electrons. The first-order valence-electron chi connectivity index (χ1n) is 5.01. The van der Waals surface area contributed by atoms with Crippen LogP contribution in [0.2, 0.25) is 0 Å². The smallest absolute Gasteiger partial charge is 0.230 e. The van der Waals surface area contributed by atoms with Gasteiger partial charge in [0.2, 0.25) is 5.91 Å². The summed E-state index contributed by atoms with van der Waals surface area (Å²) < 4.78 is 1.51. The van der Waals surface area contributed by atoms with Crippen LogP contribution >= 0.6 is 0 Å². The first kappa shape index (κ1) is 11.4. The first-order chi connectivity index (χ1) is 7.20. The van der Waals surface area contributed by atoms with Crippen molar-refractivity contribution in [3.63, 3.8) is 0 Å². The zero-order valence-electron chi connectivity index (χ0n) is 9.48. The highest BCUT2D eigenvalue weighted by atomic mass is 16.1. The molecule has 4 nitrogen and oxygen atoms in total. The molecule has 2 rings (SSSR count). The quantitative estimate of drug-likeness (QED) is 0.663. The lowest BCUT2D eigenvalue weighted by atomic mass is 10.4. The predicted molar refractivity (Wildman–Crippen MR) is 59.9 cm³/mol. The van der Waals surface area contributed by atoms with Crippen molar-refractivity contribution in [2.75, 3.05) is 0 Å². The van der Waals surface area contributed by atoms with Gasteiger partial charge in [-0.2, -0.15) is 0 Å². The molecule has 4 heteroatoms. The van der Waals surface area contributed by atoms with E-state index in [1.54, 1.807) is 19.2 Å². The van der Waals surface area contributed by atoms with E-state index in [-0.39, 0.29) is 5.91 Å². The van der Waals surface area contributed by atoms with Gasteiger partial charge in [0.15, 0.2) is 5.65 Å². The van der Waals surface area contributed by atoms with Gasteiger partial charge in [-0.25, -0.2) is 9.97 Å². The van der Waals surface area contributed by atoms with Crippen LogP contribution in [0.5, 0.6) is 0 Å². The second-order valence-corrected chi connectivity index (χ2v) is 2.86. The lowest BCUT2D eigenvalue weighted by molar-refractivity contribution is 0.0938. The first-order valence-corrected chi connectivity index (χ1v) is 5.01. The van der Waals surface area contributed by atoms with E-state index in [2.05, 4.69) is 9.97 Å². The standard InChI is InChI=1S/C9H9N3O.C2H6/c1-6-11-8-4-3-5-10-9(8)12(6)7(2)13;1-2/h3-5H,1-2H3;1-2H3. The zero-order chi connectivity index (χ0) is 11.4. The van der Waals surface area contributed by atoms with Gasteiger partial charge in [-0.05, 0) is 19.1 Å². The molecule has 2 heterocycles. The Morgan fingerprint density at radius 3 is 2.67 bits per heavy atom. The maximum atomic E-state index is 11.2. The number of carbonyl (C=O) groups excluding carboxylic acids is 1. The fourth-order valence-corrected chi connectivity index (χ4v) is 1.40. The van der Waals surface area contributed by atoms with Gasteiger partial charge in [0.1, 0.15) is 11.3 Å². The second kappa shape index (κ2) is 4.68. The van der Waals surface area contributed by atoms with Crippen LogP contribution < -0.4 is 0 Å². The lowest BCUT2D eigenvalue weighted by Gasteiger charge is -1.97. The molecule has 0 bridgehead atoms.